The van der Waals surface area contributed by atoms with Crippen LogP contribution >= 0.6 is 0 Å². The first-order valence-electron chi connectivity index (χ1n) is 7.84. The Hall–Kier alpha value is -2.94. The summed E-state index contributed by atoms with van der Waals surface area (Å²) in [6.45, 7) is 1.44. The Morgan fingerprint density at radius 3 is 3.08 bits per heavy atom. The predicted octanol–water partition coefficient (Wildman–Crippen LogP) is 2.50. The molecule has 1 N–H and O–H groups in total. The topological polar surface area (TPSA) is 109 Å². The molecule has 25 heavy (non-hydrogen) atoms. The van der Waals surface area contributed by atoms with Gasteiger partial charge >= 0.3 is 5.97 Å². The third kappa shape index (κ3) is 3.94. The summed E-state index contributed by atoms with van der Waals surface area (Å²) in [7, 11) is 1.23. The molecular formula is C16H18N4O5. The average molecular weight is 346 g/mol. The number of esters is 1. The third-order valence-corrected chi connectivity index (χ3v) is 3.95. The molecule has 1 aromatic carbocycles. The van der Waals surface area contributed by atoms with E-state index in [1.807, 2.05) is 0 Å². The lowest BCUT2D eigenvalue weighted by Gasteiger charge is -2.10. The molecule has 2 heterocycles. The Kier molecular flexibility index (Phi) is 4.94. The van der Waals surface area contributed by atoms with Gasteiger partial charge in [0.05, 0.1) is 47.8 Å². The van der Waals surface area contributed by atoms with Crippen LogP contribution in [0.5, 0.6) is 0 Å². The number of carbonyl (C=O) groups is 1. The van der Waals surface area contributed by atoms with E-state index in [4.69, 9.17) is 9.47 Å². The Balaban J connectivity index is 1.78. The molecule has 1 fully saturated rings. The van der Waals surface area contributed by atoms with Crippen LogP contribution in [0.1, 0.15) is 23.2 Å². The molecule has 0 saturated carbocycles. The van der Waals surface area contributed by atoms with E-state index in [2.05, 4.69) is 10.4 Å². The fraction of sp³-hybridized carbons (Fsp3) is 0.375. The van der Waals surface area contributed by atoms with Crippen molar-refractivity contribution in [1.29, 1.82) is 0 Å². The largest absolute Gasteiger partial charge is 0.465 e. The van der Waals surface area contributed by atoms with Crippen molar-refractivity contribution in [1.82, 2.24) is 9.78 Å². The SMILES string of the molecule is COC(=O)c1cc([N+](=O)[O-])ccc1Nc1cnn(C[C@H]2CCCO2)c1. The number of nitro groups is 1. The van der Waals surface area contributed by atoms with Crippen molar-refractivity contribution in [2.75, 3.05) is 19.0 Å². The van der Waals surface area contributed by atoms with Crippen LogP contribution in [0, 0.1) is 10.1 Å². The van der Waals surface area contributed by atoms with Crippen molar-refractivity contribution in [3.05, 3.63) is 46.3 Å². The molecular weight excluding hydrogens is 328 g/mol. The number of hydrogen-bond acceptors (Lipinski definition) is 7. The summed E-state index contributed by atoms with van der Waals surface area (Å²) in [6, 6.07) is 3.98. The van der Waals surface area contributed by atoms with E-state index < -0.39 is 10.9 Å². The second-order valence-corrected chi connectivity index (χ2v) is 5.69. The van der Waals surface area contributed by atoms with Crippen LogP contribution in [0.3, 0.4) is 0 Å². The zero-order valence-corrected chi connectivity index (χ0v) is 13.7. The molecule has 0 unspecified atom stereocenters. The van der Waals surface area contributed by atoms with Gasteiger partial charge in [0.25, 0.3) is 5.69 Å². The maximum absolute atomic E-state index is 11.9. The molecule has 132 valence electrons. The lowest BCUT2D eigenvalue weighted by Crippen LogP contribution is -2.15. The molecule has 0 amide bonds. The molecule has 3 rings (SSSR count). The highest BCUT2D eigenvalue weighted by molar-refractivity contribution is 5.97. The Bertz CT molecular complexity index is 783. The van der Waals surface area contributed by atoms with Crippen molar-refractivity contribution in [3.63, 3.8) is 0 Å². The standard InChI is InChI=1S/C16H18N4O5/c1-24-16(21)14-7-12(20(22)23)4-5-15(14)18-11-8-17-19(9-11)10-13-3-2-6-25-13/h4-5,7-9,13,18H,2-3,6,10H2,1H3/t13-/m1/s1. The molecule has 0 aliphatic carbocycles. The maximum atomic E-state index is 11.9. The summed E-state index contributed by atoms with van der Waals surface area (Å²) in [5.74, 6) is -0.655. The average Bonchev–Trinajstić information content (AvgIpc) is 3.27. The minimum absolute atomic E-state index is 0.0866. The minimum Gasteiger partial charge on any atom is -0.465 e. The number of aromatic nitrogens is 2. The number of non-ortho nitro benzene ring substituents is 1. The quantitative estimate of drug-likeness (QED) is 0.486. The zero-order valence-electron chi connectivity index (χ0n) is 13.7. The van der Waals surface area contributed by atoms with Gasteiger partial charge in [0, 0.05) is 24.9 Å². The summed E-state index contributed by atoms with van der Waals surface area (Å²) < 4.78 is 12.0. The van der Waals surface area contributed by atoms with Gasteiger partial charge in [-0.1, -0.05) is 0 Å². The van der Waals surface area contributed by atoms with E-state index in [1.54, 1.807) is 17.1 Å². The Morgan fingerprint density at radius 1 is 1.56 bits per heavy atom. The normalized spacial score (nSPS) is 16.6. The molecule has 0 bridgehead atoms. The number of benzene rings is 1. The van der Waals surface area contributed by atoms with Gasteiger partial charge in [-0.15, -0.1) is 0 Å². The second kappa shape index (κ2) is 7.31. The molecule has 0 radical (unpaired) electrons. The van der Waals surface area contributed by atoms with E-state index in [1.165, 1.54) is 25.3 Å². The number of rotatable bonds is 6. The molecule has 1 aliphatic rings. The first-order valence-corrected chi connectivity index (χ1v) is 7.84. The van der Waals surface area contributed by atoms with Crippen LogP contribution in [-0.4, -0.2) is 40.5 Å². The zero-order chi connectivity index (χ0) is 17.8. The number of ether oxygens (including phenoxy) is 2. The molecule has 1 atom stereocenters. The fourth-order valence-electron chi connectivity index (χ4n) is 2.71. The molecule has 2 aromatic rings. The van der Waals surface area contributed by atoms with Crippen LogP contribution in [0.4, 0.5) is 17.1 Å². The number of nitrogens with zero attached hydrogens (tertiary/aromatic N) is 3. The number of anilines is 2. The number of methoxy groups -OCH3 is 1. The number of hydrogen-bond donors (Lipinski definition) is 1. The highest BCUT2D eigenvalue weighted by Crippen LogP contribution is 2.26. The van der Waals surface area contributed by atoms with Crippen molar-refractivity contribution >= 4 is 23.0 Å². The van der Waals surface area contributed by atoms with E-state index in [0.717, 1.165) is 19.4 Å². The molecule has 1 aliphatic heterocycles. The number of nitrogens with one attached hydrogen (secondary N) is 1. The van der Waals surface area contributed by atoms with Gasteiger partial charge in [0.2, 0.25) is 0 Å². The van der Waals surface area contributed by atoms with Crippen molar-refractivity contribution in [2.24, 2.45) is 0 Å². The van der Waals surface area contributed by atoms with E-state index in [0.29, 0.717) is 17.9 Å². The van der Waals surface area contributed by atoms with Gasteiger partial charge in [-0.05, 0) is 18.9 Å². The minimum atomic E-state index is -0.655. The number of nitro benzene ring substituents is 1. The van der Waals surface area contributed by atoms with Gasteiger partial charge in [-0.25, -0.2) is 4.79 Å². The Morgan fingerprint density at radius 2 is 2.40 bits per heavy atom. The fourth-order valence-corrected chi connectivity index (χ4v) is 2.71. The van der Waals surface area contributed by atoms with Crippen molar-refractivity contribution in [3.8, 4) is 0 Å². The predicted molar refractivity (Wildman–Crippen MR) is 88.9 cm³/mol. The molecule has 1 saturated heterocycles. The number of carbonyl (C=O) groups excluding carboxylic acids is 1. The van der Waals surface area contributed by atoms with Gasteiger partial charge in [-0.3, -0.25) is 14.8 Å². The first-order chi connectivity index (χ1) is 12.1. The lowest BCUT2D eigenvalue weighted by atomic mass is 10.1. The highest BCUT2D eigenvalue weighted by Gasteiger charge is 2.19. The van der Waals surface area contributed by atoms with Gasteiger partial charge in [0.15, 0.2) is 0 Å². The first kappa shape index (κ1) is 16.9. The summed E-state index contributed by atoms with van der Waals surface area (Å²) in [5.41, 5.74) is 0.981. The summed E-state index contributed by atoms with van der Waals surface area (Å²) in [5, 5.41) is 18.2. The van der Waals surface area contributed by atoms with Crippen LogP contribution < -0.4 is 5.32 Å². The van der Waals surface area contributed by atoms with Gasteiger partial charge < -0.3 is 14.8 Å². The summed E-state index contributed by atoms with van der Waals surface area (Å²) in [4.78, 5) is 22.3. The molecule has 0 spiro atoms. The monoisotopic (exact) mass is 346 g/mol. The molecule has 9 nitrogen and oxygen atoms in total. The van der Waals surface area contributed by atoms with Crippen LogP contribution in [0.2, 0.25) is 0 Å². The molecule has 1 aromatic heterocycles. The third-order valence-electron chi connectivity index (χ3n) is 3.95. The Labute approximate surface area is 143 Å². The maximum Gasteiger partial charge on any atom is 0.340 e. The van der Waals surface area contributed by atoms with Crippen LogP contribution in [0.25, 0.3) is 0 Å². The highest BCUT2D eigenvalue weighted by atomic mass is 16.6. The molecule has 9 heteroatoms. The van der Waals surface area contributed by atoms with Crippen LogP contribution in [-0.2, 0) is 16.0 Å². The van der Waals surface area contributed by atoms with Gasteiger partial charge in [-0.2, -0.15) is 5.10 Å². The summed E-state index contributed by atoms with van der Waals surface area (Å²) >= 11 is 0. The smallest absolute Gasteiger partial charge is 0.340 e. The van der Waals surface area contributed by atoms with Crippen LogP contribution in [0.15, 0.2) is 30.6 Å². The van der Waals surface area contributed by atoms with E-state index >= 15 is 0 Å². The van der Waals surface area contributed by atoms with Crippen molar-refractivity contribution < 1.29 is 19.2 Å². The van der Waals surface area contributed by atoms with E-state index in [9.17, 15) is 14.9 Å². The van der Waals surface area contributed by atoms with Gasteiger partial charge in [0.1, 0.15) is 0 Å². The van der Waals surface area contributed by atoms with Crippen molar-refractivity contribution in [2.45, 2.75) is 25.5 Å². The summed E-state index contributed by atoms with van der Waals surface area (Å²) in [6.07, 6.45) is 5.65. The van der Waals surface area contributed by atoms with E-state index in [-0.39, 0.29) is 17.4 Å². The lowest BCUT2D eigenvalue weighted by molar-refractivity contribution is -0.384. The second-order valence-electron chi connectivity index (χ2n) is 5.69.